The van der Waals surface area contributed by atoms with Gasteiger partial charge in [0.1, 0.15) is 23.0 Å². The lowest BCUT2D eigenvalue weighted by molar-refractivity contribution is -0.368. The maximum absolute atomic E-state index is 6.45. The molecule has 35 heavy (non-hydrogen) atoms. The molecule has 0 saturated heterocycles. The van der Waals surface area contributed by atoms with Gasteiger partial charge in [0.15, 0.2) is 0 Å². The van der Waals surface area contributed by atoms with Crippen LogP contribution in [0.1, 0.15) is 27.8 Å². The van der Waals surface area contributed by atoms with Gasteiger partial charge in [0.25, 0.3) is 0 Å². The topological polar surface area (TPSA) is 36.9 Å². The molecule has 0 amide bonds. The van der Waals surface area contributed by atoms with E-state index in [2.05, 4.69) is 6.07 Å². The summed E-state index contributed by atoms with van der Waals surface area (Å²) >= 11 is 19.0. The maximum atomic E-state index is 6.45. The van der Waals surface area contributed by atoms with Crippen LogP contribution in [0.3, 0.4) is 0 Å². The predicted octanol–water partition coefficient (Wildman–Crippen LogP) is 7.99. The first kappa shape index (κ1) is 22.4. The van der Waals surface area contributed by atoms with E-state index in [4.69, 9.17) is 53.8 Å². The van der Waals surface area contributed by atoms with Crippen LogP contribution in [0.5, 0.6) is 23.0 Å². The van der Waals surface area contributed by atoms with Crippen LogP contribution in [0.4, 0.5) is 0 Å². The molecule has 0 atom stereocenters. The fourth-order valence-corrected chi connectivity index (χ4v) is 4.96. The Kier molecular flexibility index (Phi) is 5.48. The molecule has 0 bridgehead atoms. The molecule has 0 fully saturated rings. The Bertz CT molecular complexity index is 1250. The van der Waals surface area contributed by atoms with E-state index in [-0.39, 0.29) is 0 Å². The van der Waals surface area contributed by atoms with Gasteiger partial charge >= 0.3 is 6.16 Å². The first-order valence-corrected chi connectivity index (χ1v) is 12.2. The number of halogens is 3. The molecule has 0 aromatic heterocycles. The molecule has 0 unspecified atom stereocenters. The molecule has 7 heteroatoms. The van der Waals surface area contributed by atoms with E-state index >= 15 is 0 Å². The molecule has 4 nitrogen and oxygen atoms in total. The molecular weight excluding hydrogens is 507 g/mol. The average Bonchev–Trinajstić information content (AvgIpc) is 2.79. The molecule has 0 radical (unpaired) electrons. The fourth-order valence-electron chi connectivity index (χ4n) is 4.38. The third kappa shape index (κ3) is 4.38. The van der Waals surface area contributed by atoms with Crippen LogP contribution in [0.15, 0.2) is 72.8 Å². The SMILES string of the molecule is Cc1ccc2c(c1)Cc1cc(Cl)ccc1OC1(O2)Oc2ccc(Cl)cc2Cc2cc(Cl)ccc2O1. The summed E-state index contributed by atoms with van der Waals surface area (Å²) in [6.07, 6.45) is -0.899. The van der Waals surface area contributed by atoms with Crippen molar-refractivity contribution in [3.05, 3.63) is 116 Å². The van der Waals surface area contributed by atoms with Crippen LogP contribution < -0.4 is 18.9 Å². The number of hydrogen-bond donors (Lipinski definition) is 0. The van der Waals surface area contributed by atoms with E-state index in [1.165, 1.54) is 0 Å². The van der Waals surface area contributed by atoms with E-state index < -0.39 is 6.16 Å². The molecular formula is C28H19Cl3O4. The lowest BCUT2D eigenvalue weighted by atomic mass is 10.0. The van der Waals surface area contributed by atoms with Crippen LogP contribution in [0.2, 0.25) is 15.1 Å². The Morgan fingerprint density at radius 3 is 1.26 bits per heavy atom. The van der Waals surface area contributed by atoms with E-state index in [0.29, 0.717) is 50.9 Å². The summed E-state index contributed by atoms with van der Waals surface area (Å²) in [7, 11) is 0. The van der Waals surface area contributed by atoms with Gasteiger partial charge in [0.2, 0.25) is 0 Å². The molecule has 4 aromatic carbocycles. The molecule has 6 rings (SSSR count). The van der Waals surface area contributed by atoms with Crippen molar-refractivity contribution in [3.63, 3.8) is 0 Å². The Labute approximate surface area is 217 Å². The van der Waals surface area contributed by atoms with Crippen molar-refractivity contribution in [3.8, 4) is 23.0 Å². The number of rotatable bonds is 0. The summed E-state index contributed by atoms with van der Waals surface area (Å²) in [6.45, 7) is 2.03. The van der Waals surface area contributed by atoms with Crippen molar-refractivity contribution in [2.75, 3.05) is 0 Å². The molecule has 0 saturated carbocycles. The normalized spacial score (nSPS) is 15.2. The standard InChI is InChI=1S/C28H19Cl3O4/c1-16-2-6-24-17(10-16)11-18-13-21(29)3-7-25(18)33-28(32-24)34-26-8-4-22(30)14-19(26)12-20-15-23(31)5-9-27(20)35-28/h2-10,13-15H,11-12H2,1H3. The zero-order valence-electron chi connectivity index (χ0n) is 18.6. The summed E-state index contributed by atoms with van der Waals surface area (Å²) in [5.41, 5.74) is 4.63. The second-order valence-corrected chi connectivity index (χ2v) is 9.94. The lowest BCUT2D eigenvalue weighted by Crippen LogP contribution is -2.54. The maximum Gasteiger partial charge on any atom is 0.611 e. The number of benzene rings is 4. The minimum absolute atomic E-state index is 0.504. The molecule has 0 N–H and O–H groups in total. The minimum Gasteiger partial charge on any atom is -0.386 e. The minimum atomic E-state index is -1.97. The van der Waals surface area contributed by atoms with E-state index in [9.17, 15) is 0 Å². The van der Waals surface area contributed by atoms with E-state index in [0.717, 1.165) is 27.8 Å². The molecule has 176 valence electrons. The highest BCUT2D eigenvalue weighted by Gasteiger charge is 2.47. The molecule has 4 aromatic rings. The van der Waals surface area contributed by atoms with Crippen LogP contribution >= 0.6 is 34.8 Å². The Morgan fingerprint density at radius 1 is 0.514 bits per heavy atom. The first-order chi connectivity index (χ1) is 16.9. The smallest absolute Gasteiger partial charge is 0.386 e. The van der Waals surface area contributed by atoms with Gasteiger partial charge in [0.05, 0.1) is 0 Å². The summed E-state index contributed by atoms with van der Waals surface area (Å²) in [5.74, 6) is 2.15. The Balaban J connectivity index is 1.58. The van der Waals surface area contributed by atoms with Crippen molar-refractivity contribution >= 4 is 34.8 Å². The molecule has 2 aliphatic rings. The summed E-state index contributed by atoms with van der Waals surface area (Å²) in [4.78, 5) is 0. The fraction of sp³-hybridized carbons (Fsp3) is 0.143. The largest absolute Gasteiger partial charge is 0.611 e. The van der Waals surface area contributed by atoms with Gasteiger partial charge in [-0.15, -0.1) is 0 Å². The lowest BCUT2D eigenvalue weighted by Gasteiger charge is -2.37. The third-order valence-electron chi connectivity index (χ3n) is 5.99. The van der Waals surface area contributed by atoms with Crippen molar-refractivity contribution in [2.45, 2.75) is 25.9 Å². The average molecular weight is 526 g/mol. The Hall–Kier alpha value is -3.05. The molecule has 1 spiro atoms. The number of fused-ring (bicyclic) bond motifs is 4. The highest BCUT2D eigenvalue weighted by atomic mass is 35.5. The first-order valence-electron chi connectivity index (χ1n) is 11.1. The van der Waals surface area contributed by atoms with Gasteiger partial charge in [-0.05, 0) is 73.2 Å². The van der Waals surface area contributed by atoms with E-state index in [1.54, 1.807) is 36.4 Å². The van der Waals surface area contributed by atoms with Gasteiger partial charge < -0.3 is 18.9 Å². The van der Waals surface area contributed by atoms with E-state index in [1.807, 2.05) is 37.3 Å². The number of hydrogen-bond acceptors (Lipinski definition) is 4. The van der Waals surface area contributed by atoms with Gasteiger partial charge in [-0.3, -0.25) is 0 Å². The summed E-state index contributed by atoms with van der Waals surface area (Å²) in [5, 5.41) is 1.79. The third-order valence-corrected chi connectivity index (χ3v) is 6.69. The van der Waals surface area contributed by atoms with Crippen molar-refractivity contribution in [2.24, 2.45) is 0 Å². The molecule has 0 aliphatic carbocycles. The van der Waals surface area contributed by atoms with Crippen LogP contribution in [0, 0.1) is 6.92 Å². The number of ether oxygens (including phenoxy) is 4. The van der Waals surface area contributed by atoms with Gasteiger partial charge in [-0.1, -0.05) is 52.5 Å². The Morgan fingerprint density at radius 2 is 0.857 bits per heavy atom. The quantitative estimate of drug-likeness (QED) is 0.233. The molecule has 2 aliphatic heterocycles. The monoisotopic (exact) mass is 524 g/mol. The molecule has 2 heterocycles. The summed E-state index contributed by atoms with van der Waals surface area (Å²) < 4.78 is 25.7. The van der Waals surface area contributed by atoms with Gasteiger partial charge in [0, 0.05) is 44.6 Å². The van der Waals surface area contributed by atoms with Crippen molar-refractivity contribution < 1.29 is 18.9 Å². The zero-order chi connectivity index (χ0) is 24.2. The summed E-state index contributed by atoms with van der Waals surface area (Å²) in [6, 6.07) is 22.1. The zero-order valence-corrected chi connectivity index (χ0v) is 20.9. The number of aryl methyl sites for hydroxylation is 1. The van der Waals surface area contributed by atoms with Gasteiger partial charge in [-0.25, -0.2) is 0 Å². The van der Waals surface area contributed by atoms with Crippen molar-refractivity contribution in [1.82, 2.24) is 0 Å². The van der Waals surface area contributed by atoms with Crippen LogP contribution in [-0.4, -0.2) is 6.16 Å². The van der Waals surface area contributed by atoms with Crippen LogP contribution in [0.25, 0.3) is 0 Å². The second kappa shape index (κ2) is 8.56. The highest BCUT2D eigenvalue weighted by Crippen LogP contribution is 2.42. The van der Waals surface area contributed by atoms with Crippen LogP contribution in [-0.2, 0) is 12.8 Å². The predicted molar refractivity (Wildman–Crippen MR) is 136 cm³/mol. The van der Waals surface area contributed by atoms with Gasteiger partial charge in [-0.2, -0.15) is 0 Å². The van der Waals surface area contributed by atoms with Crippen molar-refractivity contribution in [1.29, 1.82) is 0 Å². The second-order valence-electron chi connectivity index (χ2n) is 8.63. The highest BCUT2D eigenvalue weighted by molar-refractivity contribution is 6.31.